The number of methoxy groups -OCH3 is 2. The van der Waals surface area contributed by atoms with Crippen LogP contribution in [0.15, 0.2) is 18.2 Å². The third kappa shape index (κ3) is 3.93. The number of amides is 2. The average Bonchev–Trinajstić information content (AvgIpc) is 3.24. The molecular formula is C18H25N3O6S. The Hall–Kier alpha value is -2.33. The highest BCUT2D eigenvalue weighted by atomic mass is 32.2. The summed E-state index contributed by atoms with van der Waals surface area (Å²) in [6.07, 6.45) is 1.83. The molecule has 2 fully saturated rings. The molecule has 1 aromatic rings. The highest BCUT2D eigenvalue weighted by Gasteiger charge is 2.53. The van der Waals surface area contributed by atoms with Gasteiger partial charge in [0.1, 0.15) is 17.5 Å². The lowest BCUT2D eigenvalue weighted by atomic mass is 9.84. The Morgan fingerprint density at radius 3 is 2.71 bits per heavy atom. The zero-order chi connectivity index (χ0) is 20.5. The van der Waals surface area contributed by atoms with Gasteiger partial charge in [-0.25, -0.2) is 12.7 Å². The molecule has 2 N–H and O–H groups in total. The second-order valence-electron chi connectivity index (χ2n) is 7.25. The van der Waals surface area contributed by atoms with E-state index >= 15 is 0 Å². The zero-order valence-corrected chi connectivity index (χ0v) is 17.0. The second kappa shape index (κ2) is 7.59. The standard InChI is InChI=1S/C18H25N3O6S/c1-26-13-5-4-12(15(8-13)27-2)10-19-16(22)14-9-18(17(23)20-14)6-7-21(11-18)28(3,24)25/h4-5,8,14H,6-7,9-11H2,1-3H3,(H,19,22)(H,20,23)/t14-,18-/m0/s1. The van der Waals surface area contributed by atoms with Crippen LogP contribution in [0.3, 0.4) is 0 Å². The van der Waals surface area contributed by atoms with Gasteiger partial charge in [-0.2, -0.15) is 0 Å². The fourth-order valence-corrected chi connectivity index (χ4v) is 4.68. The number of benzene rings is 1. The van der Waals surface area contributed by atoms with Crippen molar-refractivity contribution in [3.63, 3.8) is 0 Å². The van der Waals surface area contributed by atoms with Crippen LogP contribution in [0.2, 0.25) is 0 Å². The van der Waals surface area contributed by atoms with Crippen molar-refractivity contribution >= 4 is 21.8 Å². The molecule has 0 aromatic heterocycles. The summed E-state index contributed by atoms with van der Waals surface area (Å²) in [5, 5.41) is 5.53. The van der Waals surface area contributed by atoms with E-state index in [1.807, 2.05) is 0 Å². The third-order valence-electron chi connectivity index (χ3n) is 5.43. The molecule has 0 unspecified atom stereocenters. The Kier molecular flexibility index (Phi) is 5.53. The second-order valence-corrected chi connectivity index (χ2v) is 9.24. The van der Waals surface area contributed by atoms with Crippen LogP contribution in [0.4, 0.5) is 0 Å². The maximum absolute atomic E-state index is 12.6. The van der Waals surface area contributed by atoms with Gasteiger partial charge in [-0.15, -0.1) is 0 Å². The van der Waals surface area contributed by atoms with E-state index in [1.165, 1.54) is 11.4 Å². The molecule has 0 saturated carbocycles. The summed E-state index contributed by atoms with van der Waals surface area (Å²) < 4.78 is 35.3. The molecule has 28 heavy (non-hydrogen) atoms. The van der Waals surface area contributed by atoms with Crippen LogP contribution in [0.5, 0.6) is 11.5 Å². The fraction of sp³-hybridized carbons (Fsp3) is 0.556. The summed E-state index contributed by atoms with van der Waals surface area (Å²) in [5.41, 5.74) is -0.0529. The molecule has 0 bridgehead atoms. The van der Waals surface area contributed by atoms with E-state index in [9.17, 15) is 18.0 Å². The van der Waals surface area contributed by atoms with Crippen molar-refractivity contribution < 1.29 is 27.5 Å². The minimum atomic E-state index is -3.36. The Morgan fingerprint density at radius 2 is 2.11 bits per heavy atom. The molecule has 2 heterocycles. The SMILES string of the molecule is COc1ccc(CNC(=O)[C@@H]2C[C@]3(CCN(S(C)(=O)=O)C3)C(=O)N2)c(OC)c1. The first kappa shape index (κ1) is 20.4. The summed E-state index contributed by atoms with van der Waals surface area (Å²) in [6, 6.07) is 4.62. The molecule has 2 amide bonds. The number of nitrogens with zero attached hydrogens (tertiary/aromatic N) is 1. The van der Waals surface area contributed by atoms with Crippen LogP contribution >= 0.6 is 0 Å². The molecule has 2 aliphatic heterocycles. The minimum absolute atomic E-state index is 0.119. The molecule has 10 heteroatoms. The molecule has 1 aromatic carbocycles. The van der Waals surface area contributed by atoms with Crippen molar-refractivity contribution in [2.75, 3.05) is 33.6 Å². The lowest BCUT2D eigenvalue weighted by molar-refractivity contribution is -0.128. The molecule has 0 aliphatic carbocycles. The summed E-state index contributed by atoms with van der Waals surface area (Å²) in [6.45, 7) is 0.651. The summed E-state index contributed by atoms with van der Waals surface area (Å²) in [4.78, 5) is 25.1. The molecule has 3 rings (SSSR count). The molecule has 2 atom stereocenters. The monoisotopic (exact) mass is 411 g/mol. The highest BCUT2D eigenvalue weighted by Crippen LogP contribution is 2.40. The first-order chi connectivity index (χ1) is 13.2. The van der Waals surface area contributed by atoms with Crippen molar-refractivity contribution in [2.45, 2.75) is 25.4 Å². The summed E-state index contributed by atoms with van der Waals surface area (Å²) in [5.74, 6) is 0.668. The number of rotatable bonds is 6. The van der Waals surface area contributed by atoms with Crippen molar-refractivity contribution in [1.29, 1.82) is 0 Å². The molecule has 9 nitrogen and oxygen atoms in total. The van der Waals surface area contributed by atoms with Crippen molar-refractivity contribution in [3.05, 3.63) is 23.8 Å². The fourth-order valence-electron chi connectivity index (χ4n) is 3.78. The molecule has 0 radical (unpaired) electrons. The van der Waals surface area contributed by atoms with Crippen LogP contribution in [-0.4, -0.2) is 64.1 Å². The topological polar surface area (TPSA) is 114 Å². The van der Waals surface area contributed by atoms with Gasteiger partial charge in [0.15, 0.2) is 0 Å². The Labute approximate surface area is 164 Å². The normalized spacial score (nSPS) is 25.0. The van der Waals surface area contributed by atoms with E-state index in [1.54, 1.807) is 25.3 Å². The van der Waals surface area contributed by atoms with E-state index in [-0.39, 0.29) is 31.3 Å². The van der Waals surface area contributed by atoms with Crippen LogP contribution in [0, 0.1) is 5.41 Å². The van der Waals surface area contributed by atoms with E-state index in [4.69, 9.17) is 9.47 Å². The molecule has 154 valence electrons. The van der Waals surface area contributed by atoms with Gasteiger partial charge in [-0.1, -0.05) is 0 Å². The highest BCUT2D eigenvalue weighted by molar-refractivity contribution is 7.88. The van der Waals surface area contributed by atoms with Gasteiger partial charge in [0.25, 0.3) is 0 Å². The molecule has 2 aliphatic rings. The number of carbonyl (C=O) groups excluding carboxylic acids is 2. The third-order valence-corrected chi connectivity index (χ3v) is 6.68. The molecule has 1 spiro atoms. The van der Waals surface area contributed by atoms with Gasteiger partial charge >= 0.3 is 0 Å². The zero-order valence-electron chi connectivity index (χ0n) is 16.1. The predicted molar refractivity (Wildman–Crippen MR) is 101 cm³/mol. The van der Waals surface area contributed by atoms with Gasteiger partial charge < -0.3 is 20.1 Å². The van der Waals surface area contributed by atoms with Crippen LogP contribution in [-0.2, 0) is 26.2 Å². The predicted octanol–water partition coefficient (Wildman–Crippen LogP) is -0.140. The largest absolute Gasteiger partial charge is 0.497 e. The first-order valence-electron chi connectivity index (χ1n) is 8.93. The quantitative estimate of drug-likeness (QED) is 0.674. The number of hydrogen-bond acceptors (Lipinski definition) is 6. The van der Waals surface area contributed by atoms with E-state index < -0.39 is 21.5 Å². The number of carbonyl (C=O) groups is 2. The van der Waals surface area contributed by atoms with E-state index in [2.05, 4.69) is 10.6 Å². The molecular weight excluding hydrogens is 386 g/mol. The summed E-state index contributed by atoms with van der Waals surface area (Å²) in [7, 11) is -0.264. The maximum Gasteiger partial charge on any atom is 0.242 e. The van der Waals surface area contributed by atoms with Crippen LogP contribution in [0.1, 0.15) is 18.4 Å². The van der Waals surface area contributed by atoms with Gasteiger partial charge in [-0.3, -0.25) is 9.59 Å². The number of sulfonamides is 1. The maximum atomic E-state index is 12.6. The van der Waals surface area contributed by atoms with Crippen LogP contribution < -0.4 is 20.1 Å². The Morgan fingerprint density at radius 1 is 1.36 bits per heavy atom. The van der Waals surface area contributed by atoms with E-state index in [0.717, 1.165) is 11.8 Å². The Balaban J connectivity index is 1.63. The number of nitrogens with one attached hydrogen (secondary N) is 2. The smallest absolute Gasteiger partial charge is 0.242 e. The lowest BCUT2D eigenvalue weighted by Crippen LogP contribution is -2.41. The lowest BCUT2D eigenvalue weighted by Gasteiger charge is -2.20. The number of ether oxygens (including phenoxy) is 2. The van der Waals surface area contributed by atoms with Gasteiger partial charge in [-0.05, 0) is 25.0 Å². The average molecular weight is 411 g/mol. The van der Waals surface area contributed by atoms with Crippen LogP contribution in [0.25, 0.3) is 0 Å². The van der Waals surface area contributed by atoms with Crippen molar-refractivity contribution in [2.24, 2.45) is 5.41 Å². The van der Waals surface area contributed by atoms with Gasteiger partial charge in [0, 0.05) is 31.3 Å². The van der Waals surface area contributed by atoms with Gasteiger partial charge in [0.2, 0.25) is 21.8 Å². The molecule has 2 saturated heterocycles. The van der Waals surface area contributed by atoms with E-state index in [0.29, 0.717) is 24.5 Å². The Bertz CT molecular complexity index is 887. The summed E-state index contributed by atoms with van der Waals surface area (Å²) >= 11 is 0. The minimum Gasteiger partial charge on any atom is -0.497 e. The van der Waals surface area contributed by atoms with Crippen molar-refractivity contribution in [1.82, 2.24) is 14.9 Å². The van der Waals surface area contributed by atoms with Gasteiger partial charge in [0.05, 0.1) is 25.9 Å². The number of hydrogen-bond donors (Lipinski definition) is 2. The van der Waals surface area contributed by atoms with Crippen molar-refractivity contribution in [3.8, 4) is 11.5 Å². The first-order valence-corrected chi connectivity index (χ1v) is 10.8.